The fraction of sp³-hybridized carbons (Fsp3) is 0.421. The molecule has 0 radical (unpaired) electrons. The predicted molar refractivity (Wildman–Crippen MR) is 96.7 cm³/mol. The average molecular weight is 340 g/mol. The highest BCUT2D eigenvalue weighted by atomic mass is 16.5. The number of hydrogen-bond acceptors (Lipinski definition) is 5. The van der Waals surface area contributed by atoms with Gasteiger partial charge in [0.1, 0.15) is 17.4 Å². The SMILES string of the molecule is CC(=O)N1CCN(c2ccnc(C)n2)C[C@@H](COc2ccccc2)C1. The summed E-state index contributed by atoms with van der Waals surface area (Å²) in [4.78, 5) is 24.7. The fourth-order valence-electron chi connectivity index (χ4n) is 3.06. The summed E-state index contributed by atoms with van der Waals surface area (Å²) >= 11 is 0. The molecule has 0 bridgehead atoms. The third kappa shape index (κ3) is 4.68. The molecule has 0 N–H and O–H groups in total. The first-order chi connectivity index (χ1) is 12.1. The minimum atomic E-state index is 0.102. The van der Waals surface area contributed by atoms with Gasteiger partial charge < -0.3 is 14.5 Å². The molecule has 2 aromatic rings. The van der Waals surface area contributed by atoms with Gasteiger partial charge in [0.25, 0.3) is 0 Å². The van der Waals surface area contributed by atoms with Crippen molar-refractivity contribution in [1.29, 1.82) is 0 Å². The Balaban J connectivity index is 1.73. The van der Waals surface area contributed by atoms with E-state index in [4.69, 9.17) is 4.74 Å². The van der Waals surface area contributed by atoms with Crippen LogP contribution in [0.2, 0.25) is 0 Å². The van der Waals surface area contributed by atoms with Crippen molar-refractivity contribution in [3.05, 3.63) is 48.4 Å². The molecule has 0 saturated carbocycles. The third-order valence-electron chi connectivity index (χ3n) is 4.36. The monoisotopic (exact) mass is 340 g/mol. The Morgan fingerprint density at radius 1 is 1.20 bits per heavy atom. The second kappa shape index (κ2) is 7.96. The maximum Gasteiger partial charge on any atom is 0.219 e. The Hall–Kier alpha value is -2.63. The maximum absolute atomic E-state index is 11.9. The third-order valence-corrected chi connectivity index (χ3v) is 4.36. The van der Waals surface area contributed by atoms with Crippen LogP contribution in [-0.2, 0) is 4.79 Å². The Kier molecular flexibility index (Phi) is 5.48. The molecule has 25 heavy (non-hydrogen) atoms. The van der Waals surface area contributed by atoms with Crippen molar-refractivity contribution in [2.75, 3.05) is 37.7 Å². The van der Waals surface area contributed by atoms with Crippen molar-refractivity contribution in [2.24, 2.45) is 5.92 Å². The van der Waals surface area contributed by atoms with E-state index in [-0.39, 0.29) is 11.8 Å². The first kappa shape index (κ1) is 17.2. The first-order valence-corrected chi connectivity index (χ1v) is 8.60. The molecule has 0 aliphatic carbocycles. The normalized spacial score (nSPS) is 17.9. The van der Waals surface area contributed by atoms with E-state index >= 15 is 0 Å². The van der Waals surface area contributed by atoms with Crippen LogP contribution in [0, 0.1) is 12.8 Å². The van der Waals surface area contributed by atoms with E-state index in [1.54, 1.807) is 13.1 Å². The number of carbonyl (C=O) groups excluding carboxylic acids is 1. The zero-order chi connectivity index (χ0) is 17.6. The molecule has 6 heteroatoms. The van der Waals surface area contributed by atoms with E-state index in [2.05, 4.69) is 14.9 Å². The van der Waals surface area contributed by atoms with Crippen molar-refractivity contribution in [2.45, 2.75) is 13.8 Å². The summed E-state index contributed by atoms with van der Waals surface area (Å²) in [6.07, 6.45) is 1.78. The minimum Gasteiger partial charge on any atom is -0.493 e. The lowest BCUT2D eigenvalue weighted by molar-refractivity contribution is -0.129. The van der Waals surface area contributed by atoms with Crippen LogP contribution in [0.15, 0.2) is 42.6 Å². The highest BCUT2D eigenvalue weighted by Crippen LogP contribution is 2.18. The Morgan fingerprint density at radius 2 is 2.00 bits per heavy atom. The molecule has 0 unspecified atom stereocenters. The lowest BCUT2D eigenvalue weighted by Crippen LogP contribution is -2.35. The number of ether oxygens (including phenoxy) is 1. The van der Waals surface area contributed by atoms with Gasteiger partial charge in [-0.3, -0.25) is 4.79 Å². The number of anilines is 1. The van der Waals surface area contributed by atoms with Crippen LogP contribution in [0.5, 0.6) is 5.75 Å². The summed E-state index contributed by atoms with van der Waals surface area (Å²) in [5.74, 6) is 2.82. The van der Waals surface area contributed by atoms with Crippen molar-refractivity contribution < 1.29 is 9.53 Å². The Labute approximate surface area is 148 Å². The van der Waals surface area contributed by atoms with Gasteiger partial charge in [-0.05, 0) is 25.1 Å². The van der Waals surface area contributed by atoms with Crippen molar-refractivity contribution >= 4 is 11.7 Å². The van der Waals surface area contributed by atoms with Crippen LogP contribution < -0.4 is 9.64 Å². The van der Waals surface area contributed by atoms with E-state index < -0.39 is 0 Å². The number of benzene rings is 1. The maximum atomic E-state index is 11.9. The number of carbonyl (C=O) groups is 1. The highest BCUT2D eigenvalue weighted by Gasteiger charge is 2.25. The van der Waals surface area contributed by atoms with Crippen LogP contribution in [0.4, 0.5) is 5.82 Å². The summed E-state index contributed by atoms with van der Waals surface area (Å²) < 4.78 is 5.94. The second-order valence-electron chi connectivity index (χ2n) is 6.36. The van der Waals surface area contributed by atoms with Gasteiger partial charge in [-0.1, -0.05) is 18.2 Å². The zero-order valence-electron chi connectivity index (χ0n) is 14.8. The molecule has 1 aliphatic rings. The first-order valence-electron chi connectivity index (χ1n) is 8.60. The molecule has 3 rings (SSSR count). The zero-order valence-corrected chi connectivity index (χ0v) is 14.8. The minimum absolute atomic E-state index is 0.102. The molecule has 0 spiro atoms. The van der Waals surface area contributed by atoms with Crippen molar-refractivity contribution in [1.82, 2.24) is 14.9 Å². The summed E-state index contributed by atoms with van der Waals surface area (Å²) in [6, 6.07) is 11.7. The van der Waals surface area contributed by atoms with Gasteiger partial charge in [0.15, 0.2) is 0 Å². The van der Waals surface area contributed by atoms with Crippen LogP contribution in [-0.4, -0.2) is 53.6 Å². The number of nitrogens with zero attached hydrogens (tertiary/aromatic N) is 4. The molecule has 1 aromatic carbocycles. The number of para-hydroxylation sites is 1. The Bertz CT molecular complexity index is 708. The summed E-state index contributed by atoms with van der Waals surface area (Å²) in [7, 11) is 0. The van der Waals surface area contributed by atoms with Crippen molar-refractivity contribution in [3.8, 4) is 5.75 Å². The molecule has 1 aromatic heterocycles. The topological polar surface area (TPSA) is 58.6 Å². The number of aromatic nitrogens is 2. The molecule has 1 amide bonds. The second-order valence-corrected chi connectivity index (χ2v) is 6.36. The quantitative estimate of drug-likeness (QED) is 0.853. The summed E-state index contributed by atoms with van der Waals surface area (Å²) in [5.41, 5.74) is 0. The van der Waals surface area contributed by atoms with Crippen molar-refractivity contribution in [3.63, 3.8) is 0 Å². The number of rotatable bonds is 4. The summed E-state index contributed by atoms with van der Waals surface area (Å²) in [5, 5.41) is 0. The molecule has 1 aliphatic heterocycles. The van der Waals surface area contributed by atoms with E-state index in [0.29, 0.717) is 19.7 Å². The molecular formula is C19H24N4O2. The van der Waals surface area contributed by atoms with Gasteiger partial charge in [-0.25, -0.2) is 9.97 Å². The lowest BCUT2D eigenvalue weighted by atomic mass is 10.1. The number of aryl methyl sites for hydroxylation is 1. The van der Waals surface area contributed by atoms with E-state index in [1.165, 1.54) is 0 Å². The fourth-order valence-corrected chi connectivity index (χ4v) is 3.06. The van der Waals surface area contributed by atoms with Crippen LogP contribution >= 0.6 is 0 Å². The molecule has 1 fully saturated rings. The number of hydrogen-bond donors (Lipinski definition) is 0. The van der Waals surface area contributed by atoms with E-state index in [0.717, 1.165) is 30.5 Å². The van der Waals surface area contributed by atoms with E-state index in [1.807, 2.05) is 48.2 Å². The van der Waals surface area contributed by atoms with Gasteiger partial charge in [-0.15, -0.1) is 0 Å². The van der Waals surface area contributed by atoms with Gasteiger partial charge >= 0.3 is 0 Å². The highest BCUT2D eigenvalue weighted by molar-refractivity contribution is 5.73. The molecule has 1 atom stereocenters. The van der Waals surface area contributed by atoms with Crippen LogP contribution in [0.1, 0.15) is 12.7 Å². The van der Waals surface area contributed by atoms with Gasteiger partial charge in [-0.2, -0.15) is 0 Å². The van der Waals surface area contributed by atoms with E-state index in [9.17, 15) is 4.79 Å². The predicted octanol–water partition coefficient (Wildman–Crippen LogP) is 2.15. The number of amides is 1. The average Bonchev–Trinajstić information content (AvgIpc) is 2.84. The molecule has 6 nitrogen and oxygen atoms in total. The Morgan fingerprint density at radius 3 is 2.72 bits per heavy atom. The lowest BCUT2D eigenvalue weighted by Gasteiger charge is -2.25. The van der Waals surface area contributed by atoms with Crippen LogP contribution in [0.25, 0.3) is 0 Å². The molecule has 1 saturated heterocycles. The smallest absolute Gasteiger partial charge is 0.219 e. The van der Waals surface area contributed by atoms with Crippen LogP contribution in [0.3, 0.4) is 0 Å². The van der Waals surface area contributed by atoms with Gasteiger partial charge in [0, 0.05) is 45.2 Å². The largest absolute Gasteiger partial charge is 0.493 e. The molecular weight excluding hydrogens is 316 g/mol. The van der Waals surface area contributed by atoms with Gasteiger partial charge in [0.2, 0.25) is 5.91 Å². The molecule has 132 valence electrons. The van der Waals surface area contributed by atoms with Gasteiger partial charge in [0.05, 0.1) is 6.61 Å². The summed E-state index contributed by atoms with van der Waals surface area (Å²) in [6.45, 7) is 7.03. The molecule has 2 heterocycles. The standard InChI is InChI=1S/C19H24N4O2/c1-15-20-9-8-19(21-15)23-11-10-22(16(2)24)12-17(13-23)14-25-18-6-4-3-5-7-18/h3-9,17H,10-14H2,1-2H3/t17-/m0/s1.